The monoisotopic (exact) mass is 1240 g/mol. The first kappa shape index (κ1) is 56.0. The van der Waals surface area contributed by atoms with E-state index in [-0.39, 0.29) is 41.0 Å². The summed E-state index contributed by atoms with van der Waals surface area (Å²) in [6.45, 7) is 7.71. The van der Waals surface area contributed by atoms with Crippen LogP contribution in [0.4, 0.5) is 22.7 Å². The van der Waals surface area contributed by atoms with Crippen molar-refractivity contribution in [2.75, 3.05) is 30.8 Å². The van der Waals surface area contributed by atoms with Gasteiger partial charge >= 0.3 is 64.9 Å². The average Bonchev–Trinajstić information content (AvgIpc) is 4.16. The van der Waals surface area contributed by atoms with Crippen molar-refractivity contribution in [1.29, 1.82) is 0 Å². The van der Waals surface area contributed by atoms with Crippen LogP contribution in [0.25, 0.3) is 0 Å². The van der Waals surface area contributed by atoms with E-state index in [2.05, 4.69) is 108 Å². The van der Waals surface area contributed by atoms with E-state index in [1.165, 1.54) is 14.2 Å². The first-order valence-corrected chi connectivity index (χ1v) is 31.9. The van der Waals surface area contributed by atoms with E-state index in [0.717, 1.165) is 59.3 Å². The molecule has 2 fully saturated rings. The molecule has 4 aromatic carbocycles. The number of carbonyl (C=O) groups excluding carboxylic acids is 4. The number of rotatable bonds is 10. The molecule has 0 aliphatic heterocycles. The molecule has 0 unspecified atom stereocenters. The Morgan fingerprint density at radius 3 is 1.25 bits per heavy atom. The van der Waals surface area contributed by atoms with Gasteiger partial charge in [0.1, 0.15) is 5.69 Å². The second kappa shape index (κ2) is 29.4. The number of anilines is 3. The molecule has 0 atom stereocenters. The van der Waals surface area contributed by atoms with Gasteiger partial charge < -0.3 is 45.4 Å². The fourth-order valence-electron chi connectivity index (χ4n) is 4.73. The summed E-state index contributed by atoms with van der Waals surface area (Å²) in [6.07, 6.45) is 4.40. The molecule has 2 aliphatic rings. The molecule has 334 valence electrons. The SMILES string of the molecule is CONC(=O)c1ccc(C)c(NN)c1.CONC(=O)c1ccc(C)c([NH3+])c1.Cc1ccc(C(=O)NC2CC2)cc1N.Cc1ccc(C(=O)NC2CC2)cc1NN.[Cl-].[I][V]([I])[I]. The molecule has 0 heterocycles. The number of halogens is 4. The molecule has 16 nitrogen and oxygen atoms in total. The first-order chi connectivity index (χ1) is 28.4. The zero-order valence-electron chi connectivity index (χ0n) is 34.8. The second-order valence-corrected chi connectivity index (χ2v) is 48.9. The van der Waals surface area contributed by atoms with Crippen molar-refractivity contribution in [2.24, 2.45) is 11.7 Å². The molecule has 0 spiro atoms. The number of quaternary nitrogens is 1. The van der Waals surface area contributed by atoms with Crippen LogP contribution in [-0.4, -0.2) is 49.9 Å². The van der Waals surface area contributed by atoms with Crippen LogP contribution >= 0.6 is 59.9 Å². The van der Waals surface area contributed by atoms with Gasteiger partial charge in [0, 0.05) is 51.7 Å². The Morgan fingerprint density at radius 2 is 0.918 bits per heavy atom. The number of nitrogen functional groups attached to an aromatic ring is 3. The Kier molecular flexibility index (Phi) is 27.0. The number of amides is 4. The van der Waals surface area contributed by atoms with Crippen molar-refractivity contribution in [3.05, 3.63) is 117 Å². The van der Waals surface area contributed by atoms with Gasteiger partial charge in [0.15, 0.2) is 0 Å². The van der Waals surface area contributed by atoms with Gasteiger partial charge in [0.25, 0.3) is 23.6 Å². The number of hydroxylamine groups is 2. The summed E-state index contributed by atoms with van der Waals surface area (Å²) < 4.78 is 0. The maximum absolute atomic E-state index is 11.7. The molecule has 0 saturated heterocycles. The molecule has 4 aromatic rings. The van der Waals surface area contributed by atoms with E-state index < -0.39 is 0 Å². The molecule has 6 rings (SSSR count). The fourth-order valence-corrected chi connectivity index (χ4v) is 4.73. The zero-order chi connectivity index (χ0) is 44.9. The van der Waals surface area contributed by atoms with Crippen LogP contribution in [0, 0.1) is 27.7 Å². The van der Waals surface area contributed by atoms with E-state index in [4.69, 9.17) is 17.4 Å². The van der Waals surface area contributed by atoms with E-state index in [1.54, 1.807) is 42.5 Å². The van der Waals surface area contributed by atoms with Gasteiger partial charge in [-0.3, -0.25) is 40.5 Å². The molecular weight excluding hydrogens is 1180 g/mol. The molecule has 61 heavy (non-hydrogen) atoms. The van der Waals surface area contributed by atoms with Crippen LogP contribution in [0.2, 0.25) is 0 Å². The summed E-state index contributed by atoms with van der Waals surface area (Å²) in [7, 11) is 2.78. The third-order valence-electron chi connectivity index (χ3n) is 8.68. The van der Waals surface area contributed by atoms with Crippen molar-refractivity contribution in [3.63, 3.8) is 0 Å². The van der Waals surface area contributed by atoms with Crippen LogP contribution in [0.15, 0.2) is 72.8 Å². The van der Waals surface area contributed by atoms with Crippen LogP contribution in [0.1, 0.15) is 89.4 Å². The number of aryl methyl sites for hydroxylation is 4. The van der Waals surface area contributed by atoms with Crippen LogP contribution in [0.3, 0.4) is 0 Å². The van der Waals surface area contributed by atoms with Crippen molar-refractivity contribution in [3.8, 4) is 0 Å². The van der Waals surface area contributed by atoms with Gasteiger partial charge in [-0.15, -0.1) is 0 Å². The normalized spacial score (nSPS) is 12.0. The predicted octanol–water partition coefficient (Wildman–Crippen LogP) is 3.03. The number of hydrogen-bond acceptors (Lipinski definition) is 11. The molecule has 2 saturated carbocycles. The standard InChI is InChI=1S/C11H15N3O.C11H14N2O.C9H13N3O2.C9H12N2O2.ClH.3HI.V/c1-7-2-3-8(6-10(7)14-12)11(15)13-9-4-5-9;1-7-2-3-8(6-10(7)12)11(14)13-9-4-5-9;1-6-3-4-7(5-8(6)11-10)9(13)12-14-2;1-6-3-4-7(5-8(6)10)9(12)11-13-2;;;;;/h2-3,6,9,14H,4-5,12H2,1H3,(H,13,15);2-3,6,9H,4-5,12H2,1H3,(H,13,14);3-5,11H,10H2,1-2H3,(H,12,13);3-5H,10H2,1-2H3,(H,11,12);4*1H;/q;;;;;;;;+3/p-3. The van der Waals surface area contributed by atoms with E-state index >= 15 is 0 Å². The Bertz CT molecular complexity index is 2060. The molecule has 4 amide bonds. The van der Waals surface area contributed by atoms with Gasteiger partial charge in [-0.2, -0.15) is 0 Å². The summed E-state index contributed by atoms with van der Waals surface area (Å²) in [4.78, 5) is 54.6. The predicted molar refractivity (Wildman–Crippen MR) is 259 cm³/mol. The second-order valence-electron chi connectivity index (χ2n) is 13.5. The summed E-state index contributed by atoms with van der Waals surface area (Å²) in [5, 5.41) is 5.86. The maximum atomic E-state index is 11.7. The third-order valence-corrected chi connectivity index (χ3v) is 8.68. The summed E-state index contributed by atoms with van der Waals surface area (Å²) >= 11 is 7.39. The minimum absolute atomic E-state index is 0. The van der Waals surface area contributed by atoms with Crippen molar-refractivity contribution in [1.82, 2.24) is 21.6 Å². The quantitative estimate of drug-likeness (QED) is 0.0478. The Hall–Kier alpha value is -2.98. The number of hydrogen-bond donors (Lipinski definition) is 10. The van der Waals surface area contributed by atoms with Crippen LogP contribution in [0.5, 0.6) is 0 Å². The van der Waals surface area contributed by atoms with Gasteiger partial charge in [-0.05, 0) is 113 Å². The topological polar surface area (TPSA) is 265 Å². The molecule has 0 aromatic heterocycles. The Morgan fingerprint density at radius 1 is 0.590 bits per heavy atom. The number of benzene rings is 4. The number of hydrazine groups is 2. The van der Waals surface area contributed by atoms with Crippen molar-refractivity contribution >= 4 is 106 Å². The molecule has 0 bridgehead atoms. The van der Waals surface area contributed by atoms with Crippen molar-refractivity contribution < 1.29 is 51.9 Å². The first-order valence-electron chi connectivity index (χ1n) is 18.4. The number of carbonyl (C=O) groups is 4. The molecule has 15 N–H and O–H groups in total. The van der Waals surface area contributed by atoms with Crippen LogP contribution < -0.4 is 68.0 Å². The van der Waals surface area contributed by atoms with E-state index in [1.807, 2.05) is 58.0 Å². The molecular formula is C40H55ClI3N10O6V. The van der Waals surface area contributed by atoms with Gasteiger partial charge in [-0.25, -0.2) is 11.0 Å². The third kappa shape index (κ3) is 21.8. The van der Waals surface area contributed by atoms with Gasteiger partial charge in [0.2, 0.25) is 0 Å². The van der Waals surface area contributed by atoms with Gasteiger partial charge in [0.05, 0.1) is 25.6 Å². The number of nitrogens with one attached hydrogen (secondary N) is 6. The molecule has 2 aliphatic carbocycles. The van der Waals surface area contributed by atoms with Crippen LogP contribution in [-0.2, 0) is 14.6 Å². The Balaban J connectivity index is 0.000000393. The Labute approximate surface area is 401 Å². The molecule has 21 heteroatoms. The van der Waals surface area contributed by atoms with Gasteiger partial charge in [-0.1, -0.05) is 24.3 Å². The summed E-state index contributed by atoms with van der Waals surface area (Å²) in [5.74, 6) is 10.0. The summed E-state index contributed by atoms with van der Waals surface area (Å²) in [5.41, 5.74) is 28.5. The van der Waals surface area contributed by atoms with E-state index in [0.29, 0.717) is 45.7 Å². The fraction of sp³-hybridized carbons (Fsp3) is 0.300. The van der Waals surface area contributed by atoms with Crippen molar-refractivity contribution in [2.45, 2.75) is 65.5 Å². The summed E-state index contributed by atoms with van der Waals surface area (Å²) in [6, 6.07) is 22.1. The zero-order valence-corrected chi connectivity index (χ0v) is 43.4. The van der Waals surface area contributed by atoms with E-state index in [9.17, 15) is 19.2 Å². The molecule has 0 radical (unpaired) electrons. The average molecular weight is 1240 g/mol. The minimum atomic E-state index is -0.302. The number of nitrogens with two attached hydrogens (primary N) is 3.